The number of aliphatic carboxylic acids is 1. The highest BCUT2D eigenvalue weighted by Gasteiger charge is 2.03. The summed E-state index contributed by atoms with van der Waals surface area (Å²) in [6.45, 7) is 2.59. The molecule has 0 aliphatic rings. The monoisotopic (exact) mass is 314 g/mol. The summed E-state index contributed by atoms with van der Waals surface area (Å²) in [5, 5.41) is 8.47. The van der Waals surface area contributed by atoms with E-state index in [0.29, 0.717) is 25.9 Å². The highest BCUT2D eigenvalue weighted by molar-refractivity contribution is 5.69. The standard InChI is InChI=1S/C18H34O4/c1-2-3-4-5-6-7-8-9-10-11-15-18(21)22-16-13-12-14-17(19)20/h2-16H2,1H3,(H,19,20). The smallest absolute Gasteiger partial charge is 0.305 e. The maximum Gasteiger partial charge on any atom is 0.305 e. The molecule has 0 bridgehead atoms. The average Bonchev–Trinajstić information content (AvgIpc) is 2.48. The minimum atomic E-state index is -0.795. The van der Waals surface area contributed by atoms with Crippen molar-refractivity contribution in [3.05, 3.63) is 0 Å². The van der Waals surface area contributed by atoms with Gasteiger partial charge in [0, 0.05) is 12.8 Å². The van der Waals surface area contributed by atoms with E-state index in [9.17, 15) is 9.59 Å². The van der Waals surface area contributed by atoms with Crippen LogP contribution in [-0.4, -0.2) is 23.7 Å². The van der Waals surface area contributed by atoms with Crippen LogP contribution in [0.5, 0.6) is 0 Å². The molecule has 0 saturated carbocycles. The van der Waals surface area contributed by atoms with E-state index in [4.69, 9.17) is 9.84 Å². The number of carbonyl (C=O) groups excluding carboxylic acids is 1. The Labute approximate surface area is 135 Å². The molecule has 4 nitrogen and oxygen atoms in total. The van der Waals surface area contributed by atoms with Crippen molar-refractivity contribution in [2.45, 2.75) is 96.8 Å². The van der Waals surface area contributed by atoms with E-state index in [1.165, 1.54) is 51.4 Å². The van der Waals surface area contributed by atoms with Crippen molar-refractivity contribution in [3.8, 4) is 0 Å². The van der Waals surface area contributed by atoms with Gasteiger partial charge in [-0.15, -0.1) is 0 Å². The molecule has 0 saturated heterocycles. The Bertz CT molecular complexity index is 276. The van der Waals surface area contributed by atoms with Crippen molar-refractivity contribution >= 4 is 11.9 Å². The second-order valence-electron chi connectivity index (χ2n) is 6.00. The third-order valence-electron chi connectivity index (χ3n) is 3.78. The molecular formula is C18H34O4. The van der Waals surface area contributed by atoms with Crippen molar-refractivity contribution in [2.24, 2.45) is 0 Å². The summed E-state index contributed by atoms with van der Waals surface area (Å²) in [7, 11) is 0. The molecule has 0 aromatic rings. The van der Waals surface area contributed by atoms with Crippen LogP contribution in [-0.2, 0) is 14.3 Å². The van der Waals surface area contributed by atoms with Crippen molar-refractivity contribution < 1.29 is 19.4 Å². The normalized spacial score (nSPS) is 10.6. The van der Waals surface area contributed by atoms with E-state index in [-0.39, 0.29) is 12.4 Å². The summed E-state index contributed by atoms with van der Waals surface area (Å²) in [5.41, 5.74) is 0. The van der Waals surface area contributed by atoms with Crippen molar-refractivity contribution in [2.75, 3.05) is 6.61 Å². The van der Waals surface area contributed by atoms with E-state index in [0.717, 1.165) is 12.8 Å². The Balaban J connectivity index is 3.16. The molecule has 4 heteroatoms. The molecule has 0 rings (SSSR count). The molecule has 0 aliphatic heterocycles. The number of carboxylic acids is 1. The van der Waals surface area contributed by atoms with E-state index < -0.39 is 5.97 Å². The van der Waals surface area contributed by atoms with Crippen LogP contribution < -0.4 is 0 Å². The van der Waals surface area contributed by atoms with Crippen molar-refractivity contribution in [1.29, 1.82) is 0 Å². The molecule has 0 fully saturated rings. The van der Waals surface area contributed by atoms with Crippen LogP contribution >= 0.6 is 0 Å². The summed E-state index contributed by atoms with van der Waals surface area (Å²) in [6.07, 6.45) is 14.4. The van der Waals surface area contributed by atoms with Gasteiger partial charge in [-0.25, -0.2) is 0 Å². The second-order valence-corrected chi connectivity index (χ2v) is 6.00. The Hall–Kier alpha value is -1.06. The van der Waals surface area contributed by atoms with Gasteiger partial charge in [0.15, 0.2) is 0 Å². The fraction of sp³-hybridized carbons (Fsp3) is 0.889. The molecule has 0 unspecified atom stereocenters. The zero-order valence-electron chi connectivity index (χ0n) is 14.3. The lowest BCUT2D eigenvalue weighted by Crippen LogP contribution is -2.06. The van der Waals surface area contributed by atoms with Gasteiger partial charge in [-0.2, -0.15) is 0 Å². The molecule has 0 atom stereocenters. The predicted octanol–water partition coefficient (Wildman–Crippen LogP) is 5.10. The first-order chi connectivity index (χ1) is 10.7. The summed E-state index contributed by atoms with van der Waals surface area (Å²) in [5.74, 6) is -0.938. The number of ether oxygens (including phenoxy) is 1. The third kappa shape index (κ3) is 17.0. The summed E-state index contributed by atoms with van der Waals surface area (Å²) >= 11 is 0. The highest BCUT2D eigenvalue weighted by atomic mass is 16.5. The first-order valence-electron chi connectivity index (χ1n) is 9.04. The number of carbonyl (C=O) groups is 2. The average molecular weight is 314 g/mol. The number of rotatable bonds is 16. The Morgan fingerprint density at radius 2 is 1.23 bits per heavy atom. The van der Waals surface area contributed by atoms with Gasteiger partial charge in [0.2, 0.25) is 0 Å². The molecule has 0 heterocycles. The van der Waals surface area contributed by atoms with E-state index in [1.54, 1.807) is 0 Å². The molecule has 0 radical (unpaired) electrons. The van der Waals surface area contributed by atoms with Gasteiger partial charge < -0.3 is 9.84 Å². The van der Waals surface area contributed by atoms with Crippen molar-refractivity contribution in [1.82, 2.24) is 0 Å². The van der Waals surface area contributed by atoms with Crippen LogP contribution in [0.1, 0.15) is 96.8 Å². The van der Waals surface area contributed by atoms with E-state index in [2.05, 4.69) is 6.92 Å². The van der Waals surface area contributed by atoms with Gasteiger partial charge in [-0.3, -0.25) is 9.59 Å². The number of unbranched alkanes of at least 4 members (excludes halogenated alkanes) is 10. The largest absolute Gasteiger partial charge is 0.481 e. The molecule has 0 aromatic heterocycles. The number of esters is 1. The minimum Gasteiger partial charge on any atom is -0.481 e. The second kappa shape index (κ2) is 16.3. The van der Waals surface area contributed by atoms with Gasteiger partial charge in [0.05, 0.1) is 6.61 Å². The van der Waals surface area contributed by atoms with Gasteiger partial charge in [0.1, 0.15) is 0 Å². The molecule has 130 valence electrons. The van der Waals surface area contributed by atoms with Crippen molar-refractivity contribution in [3.63, 3.8) is 0 Å². The van der Waals surface area contributed by atoms with Crippen LogP contribution in [0, 0.1) is 0 Å². The Morgan fingerprint density at radius 1 is 0.727 bits per heavy atom. The van der Waals surface area contributed by atoms with Crippen LogP contribution in [0.15, 0.2) is 0 Å². The summed E-state index contributed by atoms with van der Waals surface area (Å²) in [6, 6.07) is 0. The highest BCUT2D eigenvalue weighted by Crippen LogP contribution is 2.11. The maximum absolute atomic E-state index is 11.4. The molecule has 22 heavy (non-hydrogen) atoms. The number of carboxylic acid groups (broad SMARTS) is 1. The van der Waals surface area contributed by atoms with Crippen LogP contribution in [0.3, 0.4) is 0 Å². The predicted molar refractivity (Wildman–Crippen MR) is 88.9 cm³/mol. The van der Waals surface area contributed by atoms with Gasteiger partial charge in [-0.1, -0.05) is 64.7 Å². The zero-order chi connectivity index (χ0) is 16.5. The van der Waals surface area contributed by atoms with Crippen LogP contribution in [0.2, 0.25) is 0 Å². The SMILES string of the molecule is CCCCCCCCCCCCC(=O)OCCCCC(=O)O. The topological polar surface area (TPSA) is 63.6 Å². The lowest BCUT2D eigenvalue weighted by atomic mass is 10.1. The zero-order valence-corrected chi connectivity index (χ0v) is 14.3. The molecule has 1 N–H and O–H groups in total. The molecule has 0 aliphatic carbocycles. The summed E-state index contributed by atoms with van der Waals surface area (Å²) < 4.78 is 5.07. The third-order valence-corrected chi connectivity index (χ3v) is 3.78. The van der Waals surface area contributed by atoms with Gasteiger partial charge >= 0.3 is 11.9 Å². The fourth-order valence-electron chi connectivity index (χ4n) is 2.39. The quantitative estimate of drug-likeness (QED) is 0.318. The lowest BCUT2D eigenvalue weighted by molar-refractivity contribution is -0.143. The van der Waals surface area contributed by atoms with Crippen LogP contribution in [0.4, 0.5) is 0 Å². The molecule has 0 spiro atoms. The lowest BCUT2D eigenvalue weighted by Gasteiger charge is -2.04. The molecule has 0 amide bonds. The number of hydrogen-bond acceptors (Lipinski definition) is 3. The Morgan fingerprint density at radius 3 is 1.77 bits per heavy atom. The number of hydrogen-bond donors (Lipinski definition) is 1. The minimum absolute atomic E-state index is 0.144. The molecular weight excluding hydrogens is 280 g/mol. The fourth-order valence-corrected chi connectivity index (χ4v) is 2.39. The van der Waals surface area contributed by atoms with Gasteiger partial charge in [0.25, 0.3) is 0 Å². The Kier molecular flexibility index (Phi) is 15.5. The first-order valence-corrected chi connectivity index (χ1v) is 9.04. The molecule has 0 aromatic carbocycles. The van der Waals surface area contributed by atoms with E-state index >= 15 is 0 Å². The van der Waals surface area contributed by atoms with E-state index in [1.807, 2.05) is 0 Å². The maximum atomic E-state index is 11.4. The summed E-state index contributed by atoms with van der Waals surface area (Å²) in [4.78, 5) is 21.7. The van der Waals surface area contributed by atoms with Crippen LogP contribution in [0.25, 0.3) is 0 Å². The van der Waals surface area contributed by atoms with Gasteiger partial charge in [-0.05, 0) is 19.3 Å². The first kappa shape index (κ1) is 20.9.